The number of hydrogen-bond donors (Lipinski definition) is 0. The number of benzene rings is 2. The van der Waals surface area contributed by atoms with Crippen LogP contribution in [0.3, 0.4) is 0 Å². The Morgan fingerprint density at radius 3 is 2.27 bits per heavy atom. The van der Waals surface area contributed by atoms with Crippen molar-refractivity contribution in [3.8, 4) is 5.75 Å². The summed E-state index contributed by atoms with van der Waals surface area (Å²) < 4.78 is 7.62. The van der Waals surface area contributed by atoms with Gasteiger partial charge in [0, 0.05) is 32.1 Å². The van der Waals surface area contributed by atoms with Crippen LogP contribution in [0.5, 0.6) is 5.75 Å². The maximum atomic E-state index is 13.3. The minimum atomic E-state index is -0.349. The third-order valence-electron chi connectivity index (χ3n) is 6.14. The fourth-order valence-corrected chi connectivity index (χ4v) is 4.16. The zero-order valence-electron chi connectivity index (χ0n) is 25.1. The predicted molar refractivity (Wildman–Crippen MR) is 160 cm³/mol. The summed E-state index contributed by atoms with van der Waals surface area (Å²) in [6.45, 7) is 15.4. The van der Waals surface area contributed by atoms with E-state index in [4.69, 9.17) is 9.84 Å². The molecule has 0 bridgehead atoms. The van der Waals surface area contributed by atoms with E-state index in [1.54, 1.807) is 12.1 Å². The van der Waals surface area contributed by atoms with E-state index in [0.717, 1.165) is 28.4 Å². The van der Waals surface area contributed by atoms with Crippen molar-refractivity contribution in [3.63, 3.8) is 0 Å². The normalized spacial score (nSPS) is 11.7. The second-order valence-electron chi connectivity index (χ2n) is 11.6. The van der Waals surface area contributed by atoms with Crippen LogP contribution in [0.25, 0.3) is 5.32 Å². The molecule has 1 amide bonds. The Bertz CT molecular complexity index is 1320. The van der Waals surface area contributed by atoms with Crippen molar-refractivity contribution in [2.75, 3.05) is 25.6 Å². The number of rotatable bonds is 8. The van der Waals surface area contributed by atoms with Crippen molar-refractivity contribution in [3.05, 3.63) is 70.2 Å². The number of carbonyl (C=O) groups excluding carboxylic acids is 1. The number of aryl methyl sites for hydroxylation is 1. The zero-order chi connectivity index (χ0) is 30.3. The Balaban J connectivity index is 0.00000274. The first-order valence-electron chi connectivity index (χ1n) is 13.1. The SMILES string of the molecule is CCOc1ccc(C(C)(C)C)cc1C[N-]C(=O)c1ccccc1N=Nc1c(C(C)(C)C)nn(C)c1N(C)C.[Cl][Cu]. The van der Waals surface area contributed by atoms with Crippen LogP contribution in [0.2, 0.25) is 0 Å². The summed E-state index contributed by atoms with van der Waals surface area (Å²) in [7, 11) is 9.99. The van der Waals surface area contributed by atoms with Crippen molar-refractivity contribution < 1.29 is 24.6 Å². The third-order valence-corrected chi connectivity index (χ3v) is 6.14. The zero-order valence-corrected chi connectivity index (χ0v) is 26.8. The topological polar surface area (TPSA) is 86.2 Å². The molecule has 40 heavy (non-hydrogen) atoms. The number of aromatic nitrogens is 2. The third kappa shape index (κ3) is 8.32. The van der Waals surface area contributed by atoms with E-state index in [-0.39, 0.29) is 23.3 Å². The molecule has 2 aromatic carbocycles. The van der Waals surface area contributed by atoms with Gasteiger partial charge in [0.25, 0.3) is 0 Å². The summed E-state index contributed by atoms with van der Waals surface area (Å²) in [6.07, 6.45) is 0. The number of carbonyl (C=O) groups is 1. The fourth-order valence-electron chi connectivity index (χ4n) is 4.16. The molecule has 1 heterocycles. The Kier molecular flexibility index (Phi) is 11.8. The van der Waals surface area contributed by atoms with Gasteiger partial charge in [0.15, 0.2) is 11.5 Å². The molecular formula is C30H41ClCuN6O2-. The molecule has 0 fully saturated rings. The van der Waals surface area contributed by atoms with Gasteiger partial charge < -0.3 is 19.7 Å². The van der Waals surface area contributed by atoms with E-state index in [1.807, 2.05) is 55.8 Å². The summed E-state index contributed by atoms with van der Waals surface area (Å²) >= 11 is 3.66. The van der Waals surface area contributed by atoms with E-state index in [9.17, 15) is 4.79 Å². The van der Waals surface area contributed by atoms with Crippen LogP contribution in [-0.2, 0) is 39.5 Å². The van der Waals surface area contributed by atoms with Crippen LogP contribution in [0.4, 0.5) is 17.2 Å². The molecule has 0 radical (unpaired) electrons. The summed E-state index contributed by atoms with van der Waals surface area (Å²) in [5.41, 5.74) is 4.16. The second-order valence-corrected chi connectivity index (χ2v) is 11.6. The van der Waals surface area contributed by atoms with Crippen molar-refractivity contribution in [2.24, 2.45) is 17.3 Å². The van der Waals surface area contributed by atoms with Gasteiger partial charge in [-0.15, -0.1) is 10.2 Å². The van der Waals surface area contributed by atoms with Crippen molar-refractivity contribution >= 4 is 33.2 Å². The quantitative estimate of drug-likeness (QED) is 0.188. The van der Waals surface area contributed by atoms with E-state index >= 15 is 0 Å². The fraction of sp³-hybridized carbons (Fsp3) is 0.467. The maximum absolute atomic E-state index is 13.3. The average Bonchev–Trinajstić information content (AvgIpc) is 3.24. The summed E-state index contributed by atoms with van der Waals surface area (Å²) in [5, 5.41) is 18.2. The Labute approximate surface area is 251 Å². The van der Waals surface area contributed by atoms with Crippen LogP contribution in [-0.4, -0.2) is 36.4 Å². The molecule has 0 spiro atoms. The van der Waals surface area contributed by atoms with Crippen LogP contribution in [0, 0.1) is 0 Å². The molecule has 0 unspecified atom stereocenters. The second kappa shape index (κ2) is 14.2. The molecule has 0 N–H and O–H groups in total. The first kappa shape index (κ1) is 33.3. The molecule has 1 aromatic heterocycles. The number of anilines is 1. The summed E-state index contributed by atoms with van der Waals surface area (Å²) in [4.78, 5) is 15.2. The number of azo groups is 1. The van der Waals surface area contributed by atoms with Gasteiger partial charge in [-0.1, -0.05) is 78.4 Å². The van der Waals surface area contributed by atoms with Crippen LogP contribution in [0.15, 0.2) is 52.7 Å². The first-order chi connectivity index (χ1) is 18.7. The molecule has 8 nitrogen and oxygen atoms in total. The van der Waals surface area contributed by atoms with E-state index in [0.29, 0.717) is 23.5 Å². The number of hydrogen-bond acceptors (Lipinski definition) is 6. The molecule has 0 atom stereocenters. The monoisotopic (exact) mass is 615 g/mol. The minimum absolute atomic E-state index is 0.0277. The standard InChI is InChI=1S/C30H42N6O2.ClH.Cu/c1-11-38-24-17-16-21(29(2,3)4)18-20(24)19-31-27(37)22-14-12-13-15-23(22)32-33-25-26(30(5,6)7)34-36(10)28(25)35(8)9;;/h12-18H,11,19H2,1-10H3,(H,31,37);1H;/q;;+1/p-2. The molecule has 222 valence electrons. The number of amides is 1. The van der Waals surface area contributed by atoms with E-state index in [1.165, 1.54) is 0 Å². The molecular weight excluding hydrogens is 575 g/mol. The Morgan fingerprint density at radius 2 is 1.70 bits per heavy atom. The number of ether oxygens (including phenoxy) is 1. The van der Waals surface area contributed by atoms with Gasteiger partial charge in [-0.25, -0.2) is 0 Å². The van der Waals surface area contributed by atoms with Gasteiger partial charge in [0.05, 0.1) is 23.9 Å². The first-order valence-corrected chi connectivity index (χ1v) is 14.4. The molecule has 0 aliphatic heterocycles. The number of halogens is 1. The van der Waals surface area contributed by atoms with E-state index in [2.05, 4.69) is 94.4 Å². The Morgan fingerprint density at radius 1 is 1.05 bits per heavy atom. The van der Waals surface area contributed by atoms with Crippen LogP contribution in [0.1, 0.15) is 75.6 Å². The van der Waals surface area contributed by atoms with E-state index < -0.39 is 0 Å². The van der Waals surface area contributed by atoms with Crippen LogP contribution >= 0.6 is 10.1 Å². The van der Waals surface area contributed by atoms with Crippen molar-refractivity contribution in [1.29, 1.82) is 0 Å². The van der Waals surface area contributed by atoms with Gasteiger partial charge >= 0.3 is 25.2 Å². The molecule has 3 rings (SSSR count). The van der Waals surface area contributed by atoms with Gasteiger partial charge in [-0.2, -0.15) is 5.10 Å². The molecule has 0 aliphatic rings. The summed E-state index contributed by atoms with van der Waals surface area (Å²) in [5.74, 6) is 1.24. The van der Waals surface area contributed by atoms with Crippen LogP contribution < -0.4 is 9.64 Å². The van der Waals surface area contributed by atoms with Gasteiger partial charge in [-0.05, 0) is 35.6 Å². The predicted octanol–water partition coefficient (Wildman–Crippen LogP) is 8.30. The van der Waals surface area contributed by atoms with Gasteiger partial charge in [0.1, 0.15) is 5.75 Å². The van der Waals surface area contributed by atoms with Crippen molar-refractivity contribution in [2.45, 2.75) is 65.8 Å². The molecule has 0 aliphatic carbocycles. The van der Waals surface area contributed by atoms with Gasteiger partial charge in [0.2, 0.25) is 0 Å². The Hall–Kier alpha value is -2.87. The molecule has 3 aromatic rings. The molecule has 10 heteroatoms. The average molecular weight is 617 g/mol. The van der Waals surface area contributed by atoms with Gasteiger partial charge in [-0.3, -0.25) is 4.68 Å². The molecule has 0 saturated carbocycles. The molecule has 0 saturated heterocycles. The van der Waals surface area contributed by atoms with Crippen molar-refractivity contribution in [1.82, 2.24) is 9.78 Å². The number of nitrogens with zero attached hydrogens (tertiary/aromatic N) is 6. The summed E-state index contributed by atoms with van der Waals surface area (Å²) in [6, 6.07) is 13.3.